The maximum Gasteiger partial charge on any atom is 0.123 e. The van der Waals surface area contributed by atoms with Crippen molar-refractivity contribution in [2.45, 2.75) is 32.8 Å². The minimum absolute atomic E-state index is 0.209. The number of ether oxygens (including phenoxy) is 1. The summed E-state index contributed by atoms with van der Waals surface area (Å²) in [5.74, 6) is 1.09. The zero-order chi connectivity index (χ0) is 20.1. The van der Waals surface area contributed by atoms with Gasteiger partial charge in [0.15, 0.2) is 0 Å². The van der Waals surface area contributed by atoms with Crippen molar-refractivity contribution in [1.29, 1.82) is 0 Å². The molecule has 1 heterocycles. The minimum Gasteiger partial charge on any atom is -0.491 e. The maximum atomic E-state index is 13.1. The molecule has 0 unspecified atom stereocenters. The van der Waals surface area contributed by atoms with Gasteiger partial charge in [0, 0.05) is 38.4 Å². The van der Waals surface area contributed by atoms with Gasteiger partial charge in [0.1, 0.15) is 24.3 Å². The maximum absolute atomic E-state index is 13.1. The van der Waals surface area contributed by atoms with Gasteiger partial charge in [0.25, 0.3) is 0 Å². The van der Waals surface area contributed by atoms with Crippen molar-refractivity contribution < 1.29 is 14.2 Å². The second-order valence-electron chi connectivity index (χ2n) is 7.90. The molecule has 152 valence electrons. The van der Waals surface area contributed by atoms with E-state index in [0.29, 0.717) is 19.1 Å². The average Bonchev–Trinajstić information content (AvgIpc) is 2.67. The van der Waals surface area contributed by atoms with Crippen LogP contribution in [-0.2, 0) is 0 Å². The van der Waals surface area contributed by atoms with Crippen molar-refractivity contribution in [3.63, 3.8) is 0 Å². The zero-order valence-electron chi connectivity index (χ0n) is 17.1. The molecule has 5 heteroatoms. The van der Waals surface area contributed by atoms with Crippen LogP contribution in [0.5, 0.6) is 5.75 Å². The summed E-state index contributed by atoms with van der Waals surface area (Å²) in [7, 11) is 0. The van der Waals surface area contributed by atoms with E-state index in [0.717, 1.165) is 37.6 Å². The van der Waals surface area contributed by atoms with E-state index in [1.807, 2.05) is 24.3 Å². The number of aryl methyl sites for hydroxylation is 1. The Morgan fingerprint density at radius 3 is 2.32 bits per heavy atom. The summed E-state index contributed by atoms with van der Waals surface area (Å²) in [5.41, 5.74) is 3.59. The van der Waals surface area contributed by atoms with Crippen LogP contribution >= 0.6 is 0 Å². The molecule has 3 rings (SSSR count). The highest BCUT2D eigenvalue weighted by Crippen LogP contribution is 2.23. The van der Waals surface area contributed by atoms with Crippen molar-refractivity contribution in [3.05, 3.63) is 59.4 Å². The van der Waals surface area contributed by atoms with E-state index in [1.165, 1.54) is 23.3 Å². The second kappa shape index (κ2) is 9.39. The van der Waals surface area contributed by atoms with Crippen molar-refractivity contribution >= 4 is 5.69 Å². The Labute approximate surface area is 167 Å². The number of halogens is 1. The molecule has 0 spiro atoms. The highest BCUT2D eigenvalue weighted by Gasteiger charge is 2.20. The lowest BCUT2D eigenvalue weighted by Gasteiger charge is -2.36. The van der Waals surface area contributed by atoms with Crippen LogP contribution in [0.1, 0.15) is 30.9 Å². The van der Waals surface area contributed by atoms with Crippen LogP contribution in [0.3, 0.4) is 0 Å². The molecule has 1 atom stereocenters. The predicted molar refractivity (Wildman–Crippen MR) is 112 cm³/mol. The summed E-state index contributed by atoms with van der Waals surface area (Å²) in [6.07, 6.45) is -0.526. The molecule has 2 aromatic carbocycles. The van der Waals surface area contributed by atoms with Gasteiger partial charge < -0.3 is 14.7 Å². The van der Waals surface area contributed by atoms with Crippen molar-refractivity contribution in [1.82, 2.24) is 4.90 Å². The molecule has 2 aromatic rings. The van der Waals surface area contributed by atoms with Gasteiger partial charge in [-0.15, -0.1) is 0 Å². The monoisotopic (exact) mass is 386 g/mol. The van der Waals surface area contributed by atoms with Gasteiger partial charge in [-0.1, -0.05) is 19.9 Å². The Morgan fingerprint density at radius 1 is 1.04 bits per heavy atom. The molecule has 0 radical (unpaired) electrons. The molecule has 0 aromatic heterocycles. The highest BCUT2D eigenvalue weighted by atomic mass is 19.1. The molecular formula is C23H31FN2O2. The number of aliphatic hydroxyl groups is 1. The molecular weight excluding hydrogens is 355 g/mol. The van der Waals surface area contributed by atoms with Crippen LogP contribution in [0.15, 0.2) is 42.5 Å². The quantitative estimate of drug-likeness (QED) is 0.785. The van der Waals surface area contributed by atoms with Gasteiger partial charge in [-0.05, 0) is 60.4 Å². The Hall–Kier alpha value is -2.11. The Morgan fingerprint density at radius 2 is 1.71 bits per heavy atom. The third-order valence-corrected chi connectivity index (χ3v) is 5.34. The second-order valence-corrected chi connectivity index (χ2v) is 7.90. The lowest BCUT2D eigenvalue weighted by molar-refractivity contribution is 0.0663. The lowest BCUT2D eigenvalue weighted by atomic mass is 9.98. The fraction of sp³-hybridized carbons (Fsp3) is 0.478. The Kier molecular flexibility index (Phi) is 6.92. The van der Waals surface area contributed by atoms with E-state index in [2.05, 4.69) is 36.6 Å². The third kappa shape index (κ3) is 5.46. The smallest absolute Gasteiger partial charge is 0.123 e. The van der Waals surface area contributed by atoms with E-state index in [9.17, 15) is 9.50 Å². The van der Waals surface area contributed by atoms with Gasteiger partial charge in [-0.2, -0.15) is 0 Å². The minimum atomic E-state index is -0.526. The highest BCUT2D eigenvalue weighted by molar-refractivity contribution is 5.46. The average molecular weight is 387 g/mol. The van der Waals surface area contributed by atoms with Crippen molar-refractivity contribution in [2.24, 2.45) is 0 Å². The first kappa shape index (κ1) is 20.6. The van der Waals surface area contributed by atoms with E-state index in [4.69, 9.17) is 4.74 Å². The largest absolute Gasteiger partial charge is 0.491 e. The number of rotatable bonds is 7. The number of aliphatic hydroxyl groups excluding tert-OH is 1. The van der Waals surface area contributed by atoms with Crippen LogP contribution in [0.2, 0.25) is 0 Å². The van der Waals surface area contributed by atoms with E-state index < -0.39 is 6.10 Å². The number of anilines is 1. The van der Waals surface area contributed by atoms with Crippen LogP contribution in [0, 0.1) is 12.7 Å². The van der Waals surface area contributed by atoms with Crippen LogP contribution in [-0.4, -0.2) is 55.4 Å². The first-order valence-electron chi connectivity index (χ1n) is 10.1. The Bertz CT molecular complexity index is 756. The summed E-state index contributed by atoms with van der Waals surface area (Å²) in [4.78, 5) is 4.50. The van der Waals surface area contributed by atoms with Gasteiger partial charge >= 0.3 is 0 Å². The van der Waals surface area contributed by atoms with Crippen LogP contribution in [0.25, 0.3) is 0 Å². The molecule has 1 aliphatic rings. The van der Waals surface area contributed by atoms with E-state index in [-0.39, 0.29) is 5.82 Å². The fourth-order valence-corrected chi connectivity index (χ4v) is 3.77. The normalized spacial score (nSPS) is 16.4. The first-order chi connectivity index (χ1) is 13.4. The zero-order valence-corrected chi connectivity index (χ0v) is 17.1. The molecule has 0 bridgehead atoms. The van der Waals surface area contributed by atoms with Crippen molar-refractivity contribution in [2.75, 3.05) is 44.2 Å². The molecule has 0 saturated carbocycles. The molecule has 28 heavy (non-hydrogen) atoms. The number of hydrogen-bond donors (Lipinski definition) is 1. The van der Waals surface area contributed by atoms with Crippen LogP contribution < -0.4 is 9.64 Å². The molecule has 1 saturated heterocycles. The number of hydrogen-bond acceptors (Lipinski definition) is 4. The molecule has 0 amide bonds. The van der Waals surface area contributed by atoms with E-state index >= 15 is 0 Å². The first-order valence-corrected chi connectivity index (χ1v) is 10.1. The summed E-state index contributed by atoms with van der Waals surface area (Å²) in [6, 6.07) is 12.8. The molecule has 1 aliphatic heterocycles. The van der Waals surface area contributed by atoms with Gasteiger partial charge in [0.2, 0.25) is 0 Å². The lowest BCUT2D eigenvalue weighted by Crippen LogP contribution is -2.49. The number of benzene rings is 2. The van der Waals surface area contributed by atoms with Crippen LogP contribution in [0.4, 0.5) is 10.1 Å². The number of nitrogens with zero attached hydrogens (tertiary/aromatic N) is 2. The third-order valence-electron chi connectivity index (χ3n) is 5.34. The summed E-state index contributed by atoms with van der Waals surface area (Å²) in [5, 5.41) is 10.4. The molecule has 1 N–H and O–H groups in total. The summed E-state index contributed by atoms with van der Waals surface area (Å²) >= 11 is 0. The summed E-state index contributed by atoms with van der Waals surface area (Å²) < 4.78 is 18.9. The Balaban J connectivity index is 1.43. The molecule has 0 aliphatic carbocycles. The number of β-amino-alcohol motifs (C(OH)–C–C–N with tert-alkyl or cyclic N) is 1. The molecule has 1 fully saturated rings. The number of piperazine rings is 1. The molecule has 4 nitrogen and oxygen atoms in total. The predicted octanol–water partition coefficient (Wildman–Crippen LogP) is 3.82. The summed E-state index contributed by atoms with van der Waals surface area (Å²) in [6.45, 7) is 10.8. The van der Waals surface area contributed by atoms with Gasteiger partial charge in [-0.3, -0.25) is 4.90 Å². The fourth-order valence-electron chi connectivity index (χ4n) is 3.77. The van der Waals surface area contributed by atoms with E-state index in [1.54, 1.807) is 0 Å². The SMILES string of the molecule is Cc1cc(OC[C@@H](O)CN2CCN(c3ccc(F)cc3)CC2)ccc1C(C)C. The van der Waals surface area contributed by atoms with Crippen molar-refractivity contribution in [3.8, 4) is 5.75 Å². The topological polar surface area (TPSA) is 35.9 Å². The van der Waals surface area contributed by atoms with Gasteiger partial charge in [0.05, 0.1) is 0 Å². The standard InChI is InChI=1S/C23H31FN2O2/c1-17(2)23-9-8-22(14-18(23)3)28-16-21(27)15-25-10-12-26(13-11-25)20-6-4-19(24)5-7-20/h4-9,14,17,21,27H,10-13,15-16H2,1-3H3/t21-/m0/s1. The van der Waals surface area contributed by atoms with Gasteiger partial charge in [-0.25, -0.2) is 4.39 Å².